The Bertz CT molecular complexity index is 838. The summed E-state index contributed by atoms with van der Waals surface area (Å²) < 4.78 is 5.85. The maximum atomic E-state index is 12.8. The quantitative estimate of drug-likeness (QED) is 0.678. The van der Waals surface area contributed by atoms with Crippen LogP contribution in [-0.2, 0) is 22.4 Å². The van der Waals surface area contributed by atoms with Gasteiger partial charge >= 0.3 is 0 Å². The molecular formula is C20H26N4O3S. The molecule has 2 amide bonds. The fourth-order valence-corrected chi connectivity index (χ4v) is 4.01. The first-order chi connectivity index (χ1) is 13.5. The lowest BCUT2D eigenvalue weighted by atomic mass is 10.1. The molecule has 150 valence electrons. The maximum absolute atomic E-state index is 12.8. The van der Waals surface area contributed by atoms with Crippen LogP contribution in [0.2, 0.25) is 0 Å². The van der Waals surface area contributed by atoms with Crippen LogP contribution >= 0.6 is 11.3 Å². The van der Waals surface area contributed by atoms with Gasteiger partial charge in [-0.2, -0.15) is 0 Å². The highest BCUT2D eigenvalue weighted by Crippen LogP contribution is 2.28. The van der Waals surface area contributed by atoms with Crippen molar-refractivity contribution >= 4 is 28.3 Å². The van der Waals surface area contributed by atoms with Crippen molar-refractivity contribution in [1.29, 1.82) is 0 Å². The van der Waals surface area contributed by atoms with Crippen molar-refractivity contribution in [3.8, 4) is 5.75 Å². The van der Waals surface area contributed by atoms with Gasteiger partial charge in [0.25, 0.3) is 0 Å². The first kappa shape index (κ1) is 20.3. The molecule has 0 aliphatic carbocycles. The maximum Gasteiger partial charge on any atom is 0.229 e. The number of aryl methyl sites for hydroxylation is 2. The van der Waals surface area contributed by atoms with Gasteiger partial charge in [-0.05, 0) is 24.5 Å². The van der Waals surface area contributed by atoms with E-state index in [0.29, 0.717) is 24.8 Å². The van der Waals surface area contributed by atoms with E-state index in [1.165, 1.54) is 11.3 Å². The highest BCUT2D eigenvalue weighted by atomic mass is 32.1. The molecule has 3 rings (SSSR count). The van der Waals surface area contributed by atoms with E-state index >= 15 is 0 Å². The SMILES string of the molecule is CCc1nnc(N2CC(C(=O)N(C)CCOc3ccccc3CC)CC2=O)s1. The van der Waals surface area contributed by atoms with Crippen LogP contribution in [0.1, 0.15) is 30.8 Å². The number of hydrogen-bond acceptors (Lipinski definition) is 6. The second-order valence-corrected chi connectivity index (χ2v) is 7.85. The third-order valence-corrected chi connectivity index (χ3v) is 5.97. The molecule has 0 N–H and O–H groups in total. The van der Waals surface area contributed by atoms with Crippen molar-refractivity contribution in [3.63, 3.8) is 0 Å². The van der Waals surface area contributed by atoms with Crippen molar-refractivity contribution in [3.05, 3.63) is 34.8 Å². The second kappa shape index (κ2) is 9.14. The Morgan fingerprint density at radius 3 is 2.79 bits per heavy atom. The molecule has 1 aromatic carbocycles. The molecule has 0 bridgehead atoms. The van der Waals surface area contributed by atoms with Gasteiger partial charge in [-0.25, -0.2) is 0 Å². The van der Waals surface area contributed by atoms with E-state index in [4.69, 9.17) is 4.74 Å². The summed E-state index contributed by atoms with van der Waals surface area (Å²) in [5.41, 5.74) is 1.15. The second-order valence-electron chi connectivity index (χ2n) is 6.81. The summed E-state index contributed by atoms with van der Waals surface area (Å²) in [5.74, 6) is 0.396. The summed E-state index contributed by atoms with van der Waals surface area (Å²) in [7, 11) is 1.75. The number of para-hydroxylation sites is 1. The summed E-state index contributed by atoms with van der Waals surface area (Å²) in [6, 6.07) is 7.92. The Hall–Kier alpha value is -2.48. The molecule has 1 saturated heterocycles. The van der Waals surface area contributed by atoms with E-state index in [2.05, 4.69) is 17.1 Å². The van der Waals surface area contributed by atoms with E-state index < -0.39 is 0 Å². The lowest BCUT2D eigenvalue weighted by Crippen LogP contribution is -2.37. The van der Waals surface area contributed by atoms with E-state index in [1.54, 1.807) is 16.8 Å². The van der Waals surface area contributed by atoms with Crippen LogP contribution < -0.4 is 9.64 Å². The molecule has 7 nitrogen and oxygen atoms in total. The van der Waals surface area contributed by atoms with Crippen molar-refractivity contribution < 1.29 is 14.3 Å². The summed E-state index contributed by atoms with van der Waals surface area (Å²) in [5, 5.41) is 9.62. The Morgan fingerprint density at radius 2 is 2.07 bits per heavy atom. The van der Waals surface area contributed by atoms with Gasteiger partial charge in [0.05, 0.1) is 12.5 Å². The number of nitrogens with zero attached hydrogens (tertiary/aromatic N) is 4. The standard InChI is InChI=1S/C20H26N4O3S/c1-4-14-8-6-7-9-16(14)27-11-10-23(3)19(26)15-12-18(25)24(13-15)20-22-21-17(5-2)28-20/h6-9,15H,4-5,10-13H2,1-3H3. The number of carbonyl (C=O) groups is 2. The summed E-state index contributed by atoms with van der Waals surface area (Å²) in [4.78, 5) is 28.3. The zero-order valence-corrected chi connectivity index (χ0v) is 17.4. The number of likely N-dealkylation sites (N-methyl/N-ethyl adjacent to an activating group) is 1. The van der Waals surface area contributed by atoms with Crippen LogP contribution in [0, 0.1) is 5.92 Å². The molecule has 1 unspecified atom stereocenters. The monoisotopic (exact) mass is 402 g/mol. The molecule has 28 heavy (non-hydrogen) atoms. The summed E-state index contributed by atoms with van der Waals surface area (Å²) in [6.07, 6.45) is 1.89. The number of benzene rings is 1. The van der Waals surface area contributed by atoms with Gasteiger partial charge in [0.1, 0.15) is 17.4 Å². The van der Waals surface area contributed by atoms with Gasteiger partial charge in [0, 0.05) is 20.0 Å². The van der Waals surface area contributed by atoms with Gasteiger partial charge in [0.15, 0.2) is 0 Å². The molecule has 0 saturated carbocycles. The van der Waals surface area contributed by atoms with E-state index in [1.807, 2.05) is 31.2 Å². The van der Waals surface area contributed by atoms with Gasteiger partial charge < -0.3 is 9.64 Å². The van der Waals surface area contributed by atoms with Crippen LogP contribution in [0.5, 0.6) is 5.75 Å². The topological polar surface area (TPSA) is 75.6 Å². The predicted octanol–water partition coefficient (Wildman–Crippen LogP) is 2.55. The third-order valence-electron chi connectivity index (χ3n) is 4.88. The molecule has 8 heteroatoms. The molecule has 1 aliphatic rings. The summed E-state index contributed by atoms with van der Waals surface area (Å²) in [6.45, 7) is 5.33. The Morgan fingerprint density at radius 1 is 1.29 bits per heavy atom. The molecular weight excluding hydrogens is 376 g/mol. The number of amides is 2. The third kappa shape index (κ3) is 4.49. The molecule has 0 radical (unpaired) electrons. The lowest BCUT2D eigenvalue weighted by Gasteiger charge is -2.21. The molecule has 0 spiro atoms. The zero-order valence-electron chi connectivity index (χ0n) is 16.6. The molecule has 1 aliphatic heterocycles. The molecule has 2 heterocycles. The minimum atomic E-state index is -0.352. The van der Waals surface area contributed by atoms with Gasteiger partial charge in [0.2, 0.25) is 16.9 Å². The van der Waals surface area contributed by atoms with Gasteiger partial charge in [-0.1, -0.05) is 43.4 Å². The number of ether oxygens (including phenoxy) is 1. The van der Waals surface area contributed by atoms with Crippen molar-refractivity contribution in [2.24, 2.45) is 5.92 Å². The molecule has 1 fully saturated rings. The highest BCUT2D eigenvalue weighted by Gasteiger charge is 2.37. The highest BCUT2D eigenvalue weighted by molar-refractivity contribution is 7.15. The smallest absolute Gasteiger partial charge is 0.229 e. The molecule has 1 aromatic heterocycles. The first-order valence-corrected chi connectivity index (χ1v) is 10.4. The number of rotatable bonds is 8. The number of carbonyl (C=O) groups excluding carboxylic acids is 2. The number of hydrogen-bond donors (Lipinski definition) is 0. The normalized spacial score (nSPS) is 16.5. The minimum Gasteiger partial charge on any atom is -0.491 e. The van der Waals surface area contributed by atoms with Gasteiger partial charge in [-0.3, -0.25) is 14.5 Å². The fraction of sp³-hybridized carbons (Fsp3) is 0.500. The van der Waals surface area contributed by atoms with Crippen LogP contribution in [0.3, 0.4) is 0 Å². The van der Waals surface area contributed by atoms with Gasteiger partial charge in [-0.15, -0.1) is 10.2 Å². The predicted molar refractivity (Wildman–Crippen MR) is 109 cm³/mol. The Balaban J connectivity index is 1.53. The van der Waals surface area contributed by atoms with Crippen LogP contribution in [0.25, 0.3) is 0 Å². The average Bonchev–Trinajstić information content (AvgIpc) is 3.33. The van der Waals surface area contributed by atoms with E-state index in [-0.39, 0.29) is 24.2 Å². The lowest BCUT2D eigenvalue weighted by molar-refractivity contribution is -0.134. The van der Waals surface area contributed by atoms with E-state index in [0.717, 1.165) is 29.2 Å². The van der Waals surface area contributed by atoms with Crippen molar-refractivity contribution in [2.75, 3.05) is 31.6 Å². The number of anilines is 1. The molecule has 2 aromatic rings. The van der Waals surface area contributed by atoms with Crippen LogP contribution in [0.4, 0.5) is 5.13 Å². The van der Waals surface area contributed by atoms with Crippen molar-refractivity contribution in [1.82, 2.24) is 15.1 Å². The minimum absolute atomic E-state index is 0.0385. The van der Waals surface area contributed by atoms with E-state index in [9.17, 15) is 9.59 Å². The van der Waals surface area contributed by atoms with Crippen LogP contribution in [0.15, 0.2) is 24.3 Å². The summed E-state index contributed by atoms with van der Waals surface area (Å²) >= 11 is 1.41. The number of aromatic nitrogens is 2. The Labute approximate surface area is 169 Å². The first-order valence-electron chi connectivity index (χ1n) is 9.61. The molecule has 1 atom stereocenters. The zero-order chi connectivity index (χ0) is 20.1. The van der Waals surface area contributed by atoms with Crippen LogP contribution in [-0.4, -0.2) is 53.7 Å². The average molecular weight is 403 g/mol. The fourth-order valence-electron chi connectivity index (χ4n) is 3.21. The Kier molecular flexibility index (Phi) is 6.61. The largest absolute Gasteiger partial charge is 0.491 e. The van der Waals surface area contributed by atoms with Crippen molar-refractivity contribution in [2.45, 2.75) is 33.1 Å².